The van der Waals surface area contributed by atoms with Crippen molar-refractivity contribution >= 4 is 5.97 Å². The minimum absolute atomic E-state index is 0.220. The van der Waals surface area contributed by atoms with E-state index in [1.165, 1.54) is 0 Å². The van der Waals surface area contributed by atoms with Crippen LogP contribution in [0.1, 0.15) is 32.1 Å². The van der Waals surface area contributed by atoms with Crippen molar-refractivity contribution in [3.8, 4) is 0 Å². The van der Waals surface area contributed by atoms with Crippen LogP contribution >= 0.6 is 0 Å². The average Bonchev–Trinajstić information content (AvgIpc) is 2.30. The van der Waals surface area contributed by atoms with E-state index in [1.807, 2.05) is 0 Å². The Bertz CT molecular complexity index is 249. The van der Waals surface area contributed by atoms with Gasteiger partial charge in [0.15, 0.2) is 0 Å². The van der Waals surface area contributed by atoms with Crippen LogP contribution in [0.3, 0.4) is 0 Å². The maximum atomic E-state index is 11.2. The van der Waals surface area contributed by atoms with Crippen molar-refractivity contribution in [1.29, 1.82) is 0 Å². The van der Waals surface area contributed by atoms with Crippen LogP contribution in [0.25, 0.3) is 0 Å². The monoisotopic (exact) mass is 226 g/mol. The van der Waals surface area contributed by atoms with Crippen LogP contribution < -0.4 is 0 Å². The Labute approximate surface area is 97.2 Å². The molecule has 1 atom stereocenters. The first-order chi connectivity index (χ1) is 7.68. The van der Waals surface area contributed by atoms with Crippen LogP contribution in [0.5, 0.6) is 0 Å². The molecule has 0 spiro atoms. The summed E-state index contributed by atoms with van der Waals surface area (Å²) in [5.74, 6) is -0.626. The van der Waals surface area contributed by atoms with E-state index in [-0.39, 0.29) is 6.04 Å². The Kier molecular flexibility index (Phi) is 3.82. The highest BCUT2D eigenvalue weighted by atomic mass is 16.4. The summed E-state index contributed by atoms with van der Waals surface area (Å²) >= 11 is 0. The molecule has 16 heavy (non-hydrogen) atoms. The van der Waals surface area contributed by atoms with E-state index in [0.717, 1.165) is 51.7 Å². The number of piperidine rings is 2. The smallest absolute Gasteiger partial charge is 0.320 e. The summed E-state index contributed by atoms with van der Waals surface area (Å²) in [7, 11) is 2.14. The molecule has 0 bridgehead atoms. The van der Waals surface area contributed by atoms with Gasteiger partial charge in [-0.25, -0.2) is 0 Å². The van der Waals surface area contributed by atoms with Gasteiger partial charge in [0.05, 0.1) is 0 Å². The van der Waals surface area contributed by atoms with Gasteiger partial charge in [0, 0.05) is 6.04 Å². The molecule has 0 aliphatic carbocycles. The molecule has 2 fully saturated rings. The number of rotatable bonds is 2. The van der Waals surface area contributed by atoms with E-state index in [1.54, 1.807) is 0 Å². The molecule has 1 N–H and O–H groups in total. The van der Waals surface area contributed by atoms with Crippen LogP contribution in [-0.4, -0.2) is 59.6 Å². The summed E-state index contributed by atoms with van der Waals surface area (Å²) in [6, 6.07) is 0.278. The fraction of sp³-hybridized carbons (Fsp3) is 0.917. The van der Waals surface area contributed by atoms with Gasteiger partial charge in [-0.2, -0.15) is 0 Å². The van der Waals surface area contributed by atoms with E-state index in [0.29, 0.717) is 6.04 Å². The number of hydrogen-bond donors (Lipinski definition) is 1. The van der Waals surface area contributed by atoms with Crippen LogP contribution in [0.2, 0.25) is 0 Å². The van der Waals surface area contributed by atoms with Gasteiger partial charge in [0.1, 0.15) is 6.04 Å². The molecule has 0 amide bonds. The molecule has 2 aliphatic rings. The minimum atomic E-state index is -0.626. The summed E-state index contributed by atoms with van der Waals surface area (Å²) in [6.45, 7) is 3.19. The van der Waals surface area contributed by atoms with Crippen molar-refractivity contribution in [2.24, 2.45) is 0 Å². The normalized spacial score (nSPS) is 30.4. The fourth-order valence-electron chi connectivity index (χ4n) is 2.98. The fourth-order valence-corrected chi connectivity index (χ4v) is 2.98. The molecule has 92 valence electrons. The number of aliphatic carboxylic acids is 1. The van der Waals surface area contributed by atoms with Crippen molar-refractivity contribution in [3.63, 3.8) is 0 Å². The molecule has 2 saturated heterocycles. The maximum absolute atomic E-state index is 11.2. The Morgan fingerprint density at radius 3 is 2.44 bits per heavy atom. The van der Waals surface area contributed by atoms with Gasteiger partial charge in [0.25, 0.3) is 0 Å². The molecule has 4 heteroatoms. The third-order valence-corrected chi connectivity index (χ3v) is 3.99. The molecule has 0 saturated carbocycles. The van der Waals surface area contributed by atoms with Crippen LogP contribution in [-0.2, 0) is 4.79 Å². The topological polar surface area (TPSA) is 43.8 Å². The molecule has 2 heterocycles. The molecule has 0 radical (unpaired) electrons. The lowest BCUT2D eigenvalue weighted by Gasteiger charge is -2.42. The van der Waals surface area contributed by atoms with E-state index in [9.17, 15) is 9.90 Å². The number of likely N-dealkylation sites (tertiary alicyclic amines) is 2. The third-order valence-electron chi connectivity index (χ3n) is 3.99. The van der Waals surface area contributed by atoms with E-state index in [4.69, 9.17) is 0 Å². The standard InChI is InChI=1S/C12H22N2O2/c1-13-8-5-10(6-9-13)14-7-3-2-4-11(14)12(15)16/h10-11H,2-9H2,1H3,(H,15,16). The molecular formula is C12H22N2O2. The lowest BCUT2D eigenvalue weighted by Crippen LogP contribution is -2.53. The highest BCUT2D eigenvalue weighted by Crippen LogP contribution is 2.25. The van der Waals surface area contributed by atoms with E-state index >= 15 is 0 Å². The summed E-state index contributed by atoms with van der Waals surface area (Å²) in [6.07, 6.45) is 5.32. The minimum Gasteiger partial charge on any atom is -0.480 e. The zero-order valence-electron chi connectivity index (χ0n) is 10.1. The first kappa shape index (κ1) is 11.9. The van der Waals surface area contributed by atoms with Crippen molar-refractivity contribution in [2.75, 3.05) is 26.7 Å². The SMILES string of the molecule is CN1CCC(N2CCCCC2C(=O)O)CC1. The first-order valence-corrected chi connectivity index (χ1v) is 6.35. The lowest BCUT2D eigenvalue weighted by atomic mass is 9.95. The van der Waals surface area contributed by atoms with E-state index < -0.39 is 5.97 Å². The molecule has 1 unspecified atom stereocenters. The molecule has 0 aromatic rings. The summed E-state index contributed by atoms with van der Waals surface area (Å²) in [5.41, 5.74) is 0. The largest absolute Gasteiger partial charge is 0.480 e. The number of hydrogen-bond acceptors (Lipinski definition) is 3. The van der Waals surface area contributed by atoms with Crippen molar-refractivity contribution in [1.82, 2.24) is 9.80 Å². The highest BCUT2D eigenvalue weighted by molar-refractivity contribution is 5.73. The van der Waals surface area contributed by atoms with Gasteiger partial charge in [-0.15, -0.1) is 0 Å². The first-order valence-electron chi connectivity index (χ1n) is 6.35. The van der Waals surface area contributed by atoms with Gasteiger partial charge in [-0.3, -0.25) is 9.69 Å². The van der Waals surface area contributed by atoms with Gasteiger partial charge >= 0.3 is 5.97 Å². The maximum Gasteiger partial charge on any atom is 0.320 e. The molecule has 2 rings (SSSR count). The summed E-state index contributed by atoms with van der Waals surface area (Å²) in [5, 5.41) is 9.24. The van der Waals surface area contributed by atoms with E-state index in [2.05, 4.69) is 16.8 Å². The summed E-state index contributed by atoms with van der Waals surface area (Å²) < 4.78 is 0. The molecule has 0 aromatic heterocycles. The number of carboxylic acid groups (broad SMARTS) is 1. The zero-order valence-corrected chi connectivity index (χ0v) is 10.1. The predicted molar refractivity (Wildman–Crippen MR) is 62.5 cm³/mol. The Morgan fingerprint density at radius 1 is 1.12 bits per heavy atom. The number of nitrogens with zero attached hydrogens (tertiary/aromatic N) is 2. The second-order valence-electron chi connectivity index (χ2n) is 5.12. The summed E-state index contributed by atoms with van der Waals surface area (Å²) in [4.78, 5) is 15.8. The van der Waals surface area contributed by atoms with Crippen LogP contribution in [0.15, 0.2) is 0 Å². The van der Waals surface area contributed by atoms with Crippen molar-refractivity contribution < 1.29 is 9.90 Å². The second kappa shape index (κ2) is 5.15. The third kappa shape index (κ3) is 2.55. The molecule has 0 aromatic carbocycles. The van der Waals surface area contributed by atoms with Gasteiger partial charge in [-0.1, -0.05) is 6.42 Å². The number of carbonyl (C=O) groups is 1. The van der Waals surface area contributed by atoms with Crippen molar-refractivity contribution in [2.45, 2.75) is 44.2 Å². The van der Waals surface area contributed by atoms with Gasteiger partial charge in [0.2, 0.25) is 0 Å². The zero-order chi connectivity index (χ0) is 11.5. The van der Waals surface area contributed by atoms with Crippen LogP contribution in [0, 0.1) is 0 Å². The van der Waals surface area contributed by atoms with Crippen LogP contribution in [0.4, 0.5) is 0 Å². The lowest BCUT2D eigenvalue weighted by molar-refractivity contribution is -0.146. The Hall–Kier alpha value is -0.610. The highest BCUT2D eigenvalue weighted by Gasteiger charge is 2.34. The molecule has 2 aliphatic heterocycles. The predicted octanol–water partition coefficient (Wildman–Crippen LogP) is 1.02. The molecular weight excluding hydrogens is 204 g/mol. The van der Waals surface area contributed by atoms with Gasteiger partial charge < -0.3 is 10.0 Å². The average molecular weight is 226 g/mol. The van der Waals surface area contributed by atoms with Gasteiger partial charge in [-0.05, 0) is 52.4 Å². The quantitative estimate of drug-likeness (QED) is 0.763. The molecule has 4 nitrogen and oxygen atoms in total. The Balaban J connectivity index is 1.97. The Morgan fingerprint density at radius 2 is 1.81 bits per heavy atom. The second-order valence-corrected chi connectivity index (χ2v) is 5.12. The number of carboxylic acids is 1. The van der Waals surface area contributed by atoms with Crippen molar-refractivity contribution in [3.05, 3.63) is 0 Å².